The molecule has 1 aromatic rings. The minimum Gasteiger partial charge on any atom is -0.398 e. The molecule has 1 saturated carbocycles. The molecule has 0 atom stereocenters. The number of nitrogen functional groups attached to an aromatic ring is 1. The van der Waals surface area contributed by atoms with Crippen molar-refractivity contribution in [2.45, 2.75) is 31.8 Å². The Balaban J connectivity index is 2.05. The van der Waals surface area contributed by atoms with Crippen LogP contribution in [-0.2, 0) is 0 Å². The van der Waals surface area contributed by atoms with E-state index in [0.29, 0.717) is 18.4 Å². The van der Waals surface area contributed by atoms with Gasteiger partial charge >= 0.3 is 0 Å². The summed E-state index contributed by atoms with van der Waals surface area (Å²) in [5.74, 6) is -0.913. The van der Waals surface area contributed by atoms with Crippen LogP contribution in [0, 0.1) is 12.7 Å². The third kappa shape index (κ3) is 2.46. The van der Waals surface area contributed by atoms with Crippen LogP contribution < -0.4 is 11.1 Å². The van der Waals surface area contributed by atoms with Gasteiger partial charge in [0.15, 0.2) is 0 Å². The van der Waals surface area contributed by atoms with Crippen LogP contribution in [0.4, 0.5) is 10.1 Å². The van der Waals surface area contributed by atoms with Crippen molar-refractivity contribution in [2.24, 2.45) is 0 Å². The van der Waals surface area contributed by atoms with Crippen molar-refractivity contribution in [1.82, 2.24) is 5.32 Å². The number of nitrogens with one attached hydrogen (secondary N) is 1. The monoisotopic (exact) mass is 252 g/mol. The molecule has 4 N–H and O–H groups in total. The molecule has 0 spiro atoms. The number of nitrogens with two attached hydrogens (primary N) is 1. The molecule has 1 aliphatic carbocycles. The first-order valence-corrected chi connectivity index (χ1v) is 5.97. The average Bonchev–Trinajstić information content (AvgIpc) is 2.30. The fourth-order valence-electron chi connectivity index (χ4n) is 1.94. The lowest BCUT2D eigenvalue weighted by Gasteiger charge is -2.36. The minimum absolute atomic E-state index is 0.179. The number of hydrogen-bond donors (Lipinski definition) is 3. The smallest absolute Gasteiger partial charge is 0.251 e. The van der Waals surface area contributed by atoms with E-state index < -0.39 is 17.3 Å². The summed E-state index contributed by atoms with van der Waals surface area (Å²) < 4.78 is 13.4. The number of carbonyl (C=O) groups excluding carboxylic acids is 1. The van der Waals surface area contributed by atoms with Gasteiger partial charge in [-0.3, -0.25) is 4.79 Å². The fourth-order valence-corrected chi connectivity index (χ4v) is 1.94. The Labute approximate surface area is 105 Å². The third-order valence-electron chi connectivity index (χ3n) is 3.51. The molecule has 5 heteroatoms. The van der Waals surface area contributed by atoms with Gasteiger partial charge in [0.25, 0.3) is 5.91 Å². The molecule has 1 fully saturated rings. The Kier molecular flexibility index (Phi) is 3.26. The second-order valence-electron chi connectivity index (χ2n) is 4.93. The summed E-state index contributed by atoms with van der Waals surface area (Å²) in [6, 6.07) is 2.60. The Morgan fingerprint density at radius 1 is 1.56 bits per heavy atom. The highest BCUT2D eigenvalue weighted by Gasteiger charge is 2.34. The van der Waals surface area contributed by atoms with Gasteiger partial charge < -0.3 is 16.2 Å². The Morgan fingerprint density at radius 2 is 2.22 bits per heavy atom. The largest absolute Gasteiger partial charge is 0.398 e. The van der Waals surface area contributed by atoms with Gasteiger partial charge in [-0.2, -0.15) is 0 Å². The van der Waals surface area contributed by atoms with E-state index >= 15 is 0 Å². The molecule has 18 heavy (non-hydrogen) atoms. The van der Waals surface area contributed by atoms with Crippen LogP contribution in [-0.4, -0.2) is 23.2 Å². The lowest BCUT2D eigenvalue weighted by molar-refractivity contribution is -0.0300. The fraction of sp³-hybridized carbons (Fsp3) is 0.462. The van der Waals surface area contributed by atoms with Gasteiger partial charge in [0.1, 0.15) is 5.82 Å². The normalized spacial score (nSPS) is 17.1. The van der Waals surface area contributed by atoms with Crippen LogP contribution in [0.25, 0.3) is 0 Å². The van der Waals surface area contributed by atoms with Crippen LogP contribution in [0.3, 0.4) is 0 Å². The zero-order valence-electron chi connectivity index (χ0n) is 10.3. The summed E-state index contributed by atoms with van der Waals surface area (Å²) in [7, 11) is 0. The molecular weight excluding hydrogens is 235 g/mol. The third-order valence-corrected chi connectivity index (χ3v) is 3.51. The number of carbonyl (C=O) groups is 1. The van der Waals surface area contributed by atoms with Gasteiger partial charge in [0.05, 0.1) is 5.60 Å². The number of halogens is 1. The van der Waals surface area contributed by atoms with Crippen molar-refractivity contribution in [3.05, 3.63) is 29.1 Å². The highest BCUT2D eigenvalue weighted by atomic mass is 19.1. The summed E-state index contributed by atoms with van der Waals surface area (Å²) in [4.78, 5) is 11.8. The van der Waals surface area contributed by atoms with Crippen LogP contribution in [0.1, 0.15) is 35.2 Å². The molecule has 0 unspecified atom stereocenters. The molecule has 0 radical (unpaired) electrons. The molecular formula is C13H17FN2O2. The molecule has 1 amide bonds. The minimum atomic E-state index is -0.787. The molecule has 0 heterocycles. The van der Waals surface area contributed by atoms with Crippen LogP contribution in [0.5, 0.6) is 0 Å². The summed E-state index contributed by atoms with van der Waals surface area (Å²) in [6.07, 6.45) is 2.35. The van der Waals surface area contributed by atoms with E-state index in [0.717, 1.165) is 12.5 Å². The van der Waals surface area contributed by atoms with E-state index in [9.17, 15) is 14.3 Å². The zero-order chi connectivity index (χ0) is 13.3. The van der Waals surface area contributed by atoms with E-state index in [4.69, 9.17) is 5.73 Å². The Morgan fingerprint density at radius 3 is 2.72 bits per heavy atom. The first-order valence-electron chi connectivity index (χ1n) is 5.97. The van der Waals surface area contributed by atoms with Gasteiger partial charge in [-0.05, 0) is 38.3 Å². The average molecular weight is 252 g/mol. The van der Waals surface area contributed by atoms with Crippen LogP contribution in [0.2, 0.25) is 0 Å². The van der Waals surface area contributed by atoms with Gasteiger partial charge in [-0.1, -0.05) is 0 Å². The van der Waals surface area contributed by atoms with E-state index in [1.54, 1.807) is 6.92 Å². The van der Waals surface area contributed by atoms with Gasteiger partial charge in [0, 0.05) is 23.4 Å². The second-order valence-corrected chi connectivity index (χ2v) is 4.93. The maximum atomic E-state index is 13.4. The molecule has 2 rings (SSSR count). The predicted octanol–water partition coefficient (Wildman–Crippen LogP) is 1.36. The lowest BCUT2D eigenvalue weighted by atomic mass is 9.80. The van der Waals surface area contributed by atoms with Crippen molar-refractivity contribution in [3.63, 3.8) is 0 Å². The predicted molar refractivity (Wildman–Crippen MR) is 66.7 cm³/mol. The van der Waals surface area contributed by atoms with E-state index in [1.165, 1.54) is 6.07 Å². The van der Waals surface area contributed by atoms with E-state index in [2.05, 4.69) is 5.32 Å². The van der Waals surface area contributed by atoms with Crippen molar-refractivity contribution in [2.75, 3.05) is 12.3 Å². The molecule has 0 saturated heterocycles. The zero-order valence-corrected chi connectivity index (χ0v) is 10.3. The van der Waals surface area contributed by atoms with Crippen molar-refractivity contribution in [3.8, 4) is 0 Å². The van der Waals surface area contributed by atoms with Gasteiger partial charge in [0.2, 0.25) is 0 Å². The molecule has 0 bridgehead atoms. The first kappa shape index (κ1) is 12.8. The highest BCUT2D eigenvalue weighted by Crippen LogP contribution is 2.30. The molecule has 1 aromatic carbocycles. The molecule has 1 aliphatic rings. The SMILES string of the molecule is Cc1c(N)cc(C(=O)NCC2(O)CCC2)cc1F. The lowest BCUT2D eigenvalue weighted by Crippen LogP contribution is -2.47. The number of aliphatic hydroxyl groups is 1. The van der Waals surface area contributed by atoms with E-state index in [-0.39, 0.29) is 17.8 Å². The molecule has 0 aromatic heterocycles. The number of amides is 1. The molecule has 0 aliphatic heterocycles. The maximum Gasteiger partial charge on any atom is 0.251 e. The summed E-state index contributed by atoms with van der Waals surface area (Å²) in [6.45, 7) is 1.75. The topological polar surface area (TPSA) is 75.4 Å². The summed E-state index contributed by atoms with van der Waals surface area (Å²) >= 11 is 0. The second kappa shape index (κ2) is 4.57. The Hall–Kier alpha value is -1.62. The standard InChI is InChI=1S/C13H17FN2O2/c1-8-10(14)5-9(6-11(8)15)12(17)16-7-13(18)3-2-4-13/h5-6,18H,2-4,7,15H2,1H3,(H,16,17). The van der Waals surface area contributed by atoms with Crippen LogP contribution >= 0.6 is 0 Å². The number of rotatable bonds is 3. The number of anilines is 1. The molecule has 4 nitrogen and oxygen atoms in total. The first-order chi connectivity index (χ1) is 8.41. The van der Waals surface area contributed by atoms with Crippen molar-refractivity contribution in [1.29, 1.82) is 0 Å². The summed E-state index contributed by atoms with van der Waals surface area (Å²) in [5, 5.41) is 12.4. The quantitative estimate of drug-likeness (QED) is 0.711. The van der Waals surface area contributed by atoms with Crippen LogP contribution in [0.15, 0.2) is 12.1 Å². The van der Waals surface area contributed by atoms with E-state index in [1.807, 2.05) is 0 Å². The highest BCUT2D eigenvalue weighted by molar-refractivity contribution is 5.95. The van der Waals surface area contributed by atoms with Crippen molar-refractivity contribution < 1.29 is 14.3 Å². The Bertz CT molecular complexity index is 461. The number of hydrogen-bond acceptors (Lipinski definition) is 3. The number of benzene rings is 1. The van der Waals surface area contributed by atoms with Gasteiger partial charge in [-0.15, -0.1) is 0 Å². The maximum absolute atomic E-state index is 13.4. The summed E-state index contributed by atoms with van der Waals surface area (Å²) in [5.41, 5.74) is 5.59. The van der Waals surface area contributed by atoms with Crippen molar-refractivity contribution >= 4 is 11.6 Å². The van der Waals surface area contributed by atoms with Gasteiger partial charge in [-0.25, -0.2) is 4.39 Å². The molecule has 98 valence electrons.